The predicted octanol–water partition coefficient (Wildman–Crippen LogP) is 2.41. The Balaban J connectivity index is 1.67. The van der Waals surface area contributed by atoms with Gasteiger partial charge >= 0.3 is 0 Å². The lowest BCUT2D eigenvalue weighted by molar-refractivity contribution is -0.385. The quantitative estimate of drug-likeness (QED) is 0.576. The predicted molar refractivity (Wildman–Crippen MR) is 88.6 cm³/mol. The zero-order valence-electron chi connectivity index (χ0n) is 13.1. The highest BCUT2D eigenvalue weighted by atomic mass is 16.6. The summed E-state index contributed by atoms with van der Waals surface area (Å²) >= 11 is 0. The first-order chi connectivity index (χ1) is 11.5. The number of benzene rings is 1. The number of aromatic nitrogens is 2. The SMILES string of the molecule is Cc1cccn2cc(CNC(=O)Cc3ccccc3[N+](=O)[O-])nc12. The largest absolute Gasteiger partial charge is 0.350 e. The van der Waals surface area contributed by atoms with Crippen molar-refractivity contribution < 1.29 is 9.72 Å². The van der Waals surface area contributed by atoms with Crippen LogP contribution in [0.15, 0.2) is 48.8 Å². The number of nitro benzene ring substituents is 1. The fourth-order valence-corrected chi connectivity index (χ4v) is 2.55. The monoisotopic (exact) mass is 324 g/mol. The summed E-state index contributed by atoms with van der Waals surface area (Å²) in [6.07, 6.45) is 3.71. The minimum Gasteiger partial charge on any atom is -0.350 e. The summed E-state index contributed by atoms with van der Waals surface area (Å²) in [4.78, 5) is 27.0. The van der Waals surface area contributed by atoms with Gasteiger partial charge in [0.15, 0.2) is 0 Å². The lowest BCUT2D eigenvalue weighted by Crippen LogP contribution is -2.25. The van der Waals surface area contributed by atoms with E-state index in [1.807, 2.05) is 35.9 Å². The first-order valence-electron chi connectivity index (χ1n) is 7.47. The molecule has 3 rings (SSSR count). The Kier molecular flexibility index (Phi) is 4.24. The zero-order valence-corrected chi connectivity index (χ0v) is 13.1. The van der Waals surface area contributed by atoms with Gasteiger partial charge in [-0.25, -0.2) is 4.98 Å². The number of hydrogen-bond donors (Lipinski definition) is 1. The van der Waals surface area contributed by atoms with Crippen LogP contribution < -0.4 is 5.32 Å². The number of amides is 1. The summed E-state index contributed by atoms with van der Waals surface area (Å²) in [6.45, 7) is 2.25. The second-order valence-electron chi connectivity index (χ2n) is 5.49. The number of fused-ring (bicyclic) bond motifs is 1. The number of rotatable bonds is 5. The molecule has 0 atom stereocenters. The van der Waals surface area contributed by atoms with Gasteiger partial charge in [-0.2, -0.15) is 0 Å². The van der Waals surface area contributed by atoms with Crippen molar-refractivity contribution >= 4 is 17.2 Å². The van der Waals surface area contributed by atoms with Gasteiger partial charge < -0.3 is 9.72 Å². The molecule has 7 nitrogen and oxygen atoms in total. The Labute approximate surface area is 138 Å². The van der Waals surface area contributed by atoms with Gasteiger partial charge in [0.25, 0.3) is 5.69 Å². The number of hydrogen-bond acceptors (Lipinski definition) is 4. The fourth-order valence-electron chi connectivity index (χ4n) is 2.55. The molecule has 1 amide bonds. The van der Waals surface area contributed by atoms with E-state index < -0.39 is 4.92 Å². The maximum Gasteiger partial charge on any atom is 0.273 e. The number of nitro groups is 1. The average Bonchev–Trinajstić information content (AvgIpc) is 2.98. The molecule has 0 aliphatic heterocycles. The smallest absolute Gasteiger partial charge is 0.273 e. The molecule has 7 heteroatoms. The molecular formula is C17H16N4O3. The first-order valence-corrected chi connectivity index (χ1v) is 7.47. The normalized spacial score (nSPS) is 10.7. The van der Waals surface area contributed by atoms with E-state index in [2.05, 4.69) is 10.3 Å². The van der Waals surface area contributed by atoms with E-state index in [-0.39, 0.29) is 24.6 Å². The van der Waals surface area contributed by atoms with Crippen LogP contribution in [0.5, 0.6) is 0 Å². The van der Waals surface area contributed by atoms with Crippen LogP contribution in [0.2, 0.25) is 0 Å². The Morgan fingerprint density at radius 3 is 2.83 bits per heavy atom. The van der Waals surface area contributed by atoms with Crippen LogP contribution in [0.4, 0.5) is 5.69 Å². The standard InChI is InChI=1S/C17H16N4O3/c1-12-5-4-8-20-11-14(19-17(12)20)10-18-16(22)9-13-6-2-3-7-15(13)21(23)24/h2-8,11H,9-10H2,1H3,(H,18,22). The molecule has 2 aromatic heterocycles. The number of carbonyl (C=O) groups excluding carboxylic acids is 1. The molecule has 0 saturated heterocycles. The van der Waals surface area contributed by atoms with Crippen molar-refractivity contribution in [1.82, 2.24) is 14.7 Å². The van der Waals surface area contributed by atoms with Gasteiger partial charge in [-0.1, -0.05) is 24.3 Å². The Morgan fingerprint density at radius 1 is 1.29 bits per heavy atom. The van der Waals surface area contributed by atoms with Crippen molar-refractivity contribution in [3.8, 4) is 0 Å². The van der Waals surface area contributed by atoms with Crippen LogP contribution in [0.25, 0.3) is 5.65 Å². The molecule has 1 N–H and O–H groups in total. The van der Waals surface area contributed by atoms with Gasteiger partial charge in [-0.3, -0.25) is 14.9 Å². The maximum absolute atomic E-state index is 12.1. The summed E-state index contributed by atoms with van der Waals surface area (Å²) < 4.78 is 1.90. The second kappa shape index (κ2) is 6.49. The number of aryl methyl sites for hydroxylation is 1. The van der Waals surface area contributed by atoms with Gasteiger partial charge in [0.2, 0.25) is 5.91 Å². The molecule has 0 aliphatic carbocycles. The lowest BCUT2D eigenvalue weighted by Gasteiger charge is -2.04. The van der Waals surface area contributed by atoms with Crippen molar-refractivity contribution in [1.29, 1.82) is 0 Å². The Morgan fingerprint density at radius 2 is 2.08 bits per heavy atom. The van der Waals surface area contributed by atoms with E-state index in [9.17, 15) is 14.9 Å². The van der Waals surface area contributed by atoms with E-state index in [0.29, 0.717) is 5.56 Å². The summed E-state index contributed by atoms with van der Waals surface area (Å²) in [5, 5.41) is 13.7. The van der Waals surface area contributed by atoms with Gasteiger partial charge in [0.05, 0.1) is 23.6 Å². The van der Waals surface area contributed by atoms with Gasteiger partial charge in [0.1, 0.15) is 5.65 Å². The molecule has 0 spiro atoms. The summed E-state index contributed by atoms with van der Waals surface area (Å²) in [6, 6.07) is 10.2. The van der Waals surface area contributed by atoms with Crippen molar-refractivity contribution in [2.24, 2.45) is 0 Å². The van der Waals surface area contributed by atoms with Crippen molar-refractivity contribution in [2.45, 2.75) is 19.9 Å². The zero-order chi connectivity index (χ0) is 17.1. The van der Waals surface area contributed by atoms with Crippen LogP contribution in [0, 0.1) is 17.0 Å². The first kappa shape index (κ1) is 15.7. The van der Waals surface area contributed by atoms with Gasteiger partial charge in [-0.15, -0.1) is 0 Å². The third kappa shape index (κ3) is 3.24. The molecule has 0 saturated carbocycles. The molecule has 3 aromatic rings. The lowest BCUT2D eigenvalue weighted by atomic mass is 10.1. The Hall–Kier alpha value is -3.22. The van der Waals surface area contributed by atoms with Crippen LogP contribution in [-0.2, 0) is 17.8 Å². The average molecular weight is 324 g/mol. The third-order valence-electron chi connectivity index (χ3n) is 3.73. The minimum absolute atomic E-state index is 0.0381. The molecule has 0 radical (unpaired) electrons. The molecule has 0 fully saturated rings. The van der Waals surface area contributed by atoms with Crippen molar-refractivity contribution in [3.05, 3.63) is 75.7 Å². The second-order valence-corrected chi connectivity index (χ2v) is 5.49. The fraction of sp³-hybridized carbons (Fsp3) is 0.176. The third-order valence-corrected chi connectivity index (χ3v) is 3.73. The van der Waals surface area contributed by atoms with Crippen LogP contribution >= 0.6 is 0 Å². The maximum atomic E-state index is 12.1. The number of pyridine rings is 1. The molecular weight excluding hydrogens is 308 g/mol. The van der Waals surface area contributed by atoms with E-state index in [1.54, 1.807) is 18.2 Å². The molecule has 24 heavy (non-hydrogen) atoms. The van der Waals surface area contributed by atoms with Crippen LogP contribution in [-0.4, -0.2) is 20.2 Å². The topological polar surface area (TPSA) is 89.5 Å². The summed E-state index contributed by atoms with van der Waals surface area (Å²) in [5.41, 5.74) is 2.98. The summed E-state index contributed by atoms with van der Waals surface area (Å²) in [7, 11) is 0. The van der Waals surface area contributed by atoms with Crippen LogP contribution in [0.3, 0.4) is 0 Å². The summed E-state index contributed by atoms with van der Waals surface area (Å²) in [5.74, 6) is -0.280. The number of carbonyl (C=O) groups is 1. The van der Waals surface area contributed by atoms with E-state index in [4.69, 9.17) is 0 Å². The molecule has 0 bridgehead atoms. The molecule has 1 aromatic carbocycles. The van der Waals surface area contributed by atoms with E-state index in [0.717, 1.165) is 16.9 Å². The highest BCUT2D eigenvalue weighted by molar-refractivity contribution is 5.79. The van der Waals surface area contributed by atoms with Crippen LogP contribution in [0.1, 0.15) is 16.8 Å². The van der Waals surface area contributed by atoms with E-state index in [1.165, 1.54) is 6.07 Å². The highest BCUT2D eigenvalue weighted by Crippen LogP contribution is 2.18. The molecule has 122 valence electrons. The number of nitrogens with one attached hydrogen (secondary N) is 1. The van der Waals surface area contributed by atoms with E-state index >= 15 is 0 Å². The van der Waals surface area contributed by atoms with Crippen molar-refractivity contribution in [2.75, 3.05) is 0 Å². The molecule has 0 aliphatic rings. The number of imidazole rings is 1. The van der Waals surface area contributed by atoms with Gasteiger partial charge in [-0.05, 0) is 18.6 Å². The minimum atomic E-state index is -0.479. The number of nitrogens with zero attached hydrogens (tertiary/aromatic N) is 3. The van der Waals surface area contributed by atoms with Gasteiger partial charge in [0, 0.05) is 24.0 Å². The highest BCUT2D eigenvalue weighted by Gasteiger charge is 2.15. The number of para-hydroxylation sites is 1. The Bertz CT molecular complexity index is 917. The molecule has 2 heterocycles. The molecule has 0 unspecified atom stereocenters. The van der Waals surface area contributed by atoms with Crippen molar-refractivity contribution in [3.63, 3.8) is 0 Å².